The highest BCUT2D eigenvalue weighted by molar-refractivity contribution is 6.30. The Labute approximate surface area is 145 Å². The number of oxime groups is 1. The number of allylic oxidation sites excluding steroid dienone is 1. The van der Waals surface area contributed by atoms with Gasteiger partial charge < -0.3 is 9.74 Å². The molecule has 1 aliphatic rings. The fourth-order valence-electron chi connectivity index (χ4n) is 2.68. The zero-order valence-electron chi connectivity index (χ0n) is 14.2. The second-order valence-corrected chi connectivity index (χ2v) is 6.75. The molecule has 0 spiro atoms. The lowest BCUT2D eigenvalue weighted by Crippen LogP contribution is -2.14. The SMILES string of the molecule is CN(C)CCCON=C1CCCCCC1=Cc1ccc(Cl)cc1. The highest BCUT2D eigenvalue weighted by atomic mass is 35.5. The topological polar surface area (TPSA) is 24.8 Å². The maximum Gasteiger partial charge on any atom is 0.118 e. The molecule has 1 fully saturated rings. The monoisotopic (exact) mass is 334 g/mol. The third kappa shape index (κ3) is 6.76. The predicted molar refractivity (Wildman–Crippen MR) is 99.1 cm³/mol. The summed E-state index contributed by atoms with van der Waals surface area (Å²) >= 11 is 5.96. The van der Waals surface area contributed by atoms with Crippen LogP contribution in [0.1, 0.15) is 44.1 Å². The zero-order chi connectivity index (χ0) is 16.5. The normalized spacial score (nSPS) is 19.3. The maximum atomic E-state index is 5.96. The Hall–Kier alpha value is -1.32. The molecule has 1 aliphatic carbocycles. The molecule has 1 aromatic carbocycles. The van der Waals surface area contributed by atoms with Crippen LogP contribution in [0.4, 0.5) is 0 Å². The number of nitrogens with zero attached hydrogens (tertiary/aromatic N) is 2. The average Bonchev–Trinajstić information content (AvgIpc) is 2.74. The summed E-state index contributed by atoms with van der Waals surface area (Å²) < 4.78 is 0. The minimum absolute atomic E-state index is 0.676. The molecule has 2 rings (SSSR count). The highest BCUT2D eigenvalue weighted by Crippen LogP contribution is 2.23. The number of hydrogen-bond acceptors (Lipinski definition) is 3. The van der Waals surface area contributed by atoms with Crippen molar-refractivity contribution in [2.75, 3.05) is 27.2 Å². The lowest BCUT2D eigenvalue weighted by molar-refractivity contribution is 0.134. The van der Waals surface area contributed by atoms with Gasteiger partial charge in [0.15, 0.2) is 0 Å². The van der Waals surface area contributed by atoms with Gasteiger partial charge in [-0.05, 0) is 75.5 Å². The van der Waals surface area contributed by atoms with Crippen molar-refractivity contribution in [1.29, 1.82) is 0 Å². The van der Waals surface area contributed by atoms with Gasteiger partial charge in [0.2, 0.25) is 0 Å². The molecule has 1 saturated carbocycles. The summed E-state index contributed by atoms with van der Waals surface area (Å²) in [4.78, 5) is 7.73. The molecule has 0 atom stereocenters. The summed E-state index contributed by atoms with van der Waals surface area (Å²) in [5, 5.41) is 5.21. The van der Waals surface area contributed by atoms with Crippen LogP contribution in [-0.2, 0) is 4.84 Å². The fraction of sp³-hybridized carbons (Fsp3) is 0.526. The van der Waals surface area contributed by atoms with E-state index >= 15 is 0 Å². The van der Waals surface area contributed by atoms with Crippen molar-refractivity contribution in [2.24, 2.45) is 5.16 Å². The number of halogens is 1. The summed E-state index contributed by atoms with van der Waals surface area (Å²) in [5.74, 6) is 0. The van der Waals surface area contributed by atoms with Crippen molar-refractivity contribution < 1.29 is 4.84 Å². The fourth-order valence-corrected chi connectivity index (χ4v) is 2.80. The molecule has 4 heteroatoms. The molecule has 0 heterocycles. The van der Waals surface area contributed by atoms with E-state index in [-0.39, 0.29) is 0 Å². The molecule has 0 radical (unpaired) electrons. The van der Waals surface area contributed by atoms with Crippen molar-refractivity contribution in [3.8, 4) is 0 Å². The van der Waals surface area contributed by atoms with Gasteiger partial charge in [-0.15, -0.1) is 0 Å². The van der Waals surface area contributed by atoms with Crippen LogP contribution in [0.2, 0.25) is 5.02 Å². The smallest absolute Gasteiger partial charge is 0.118 e. The molecule has 0 aromatic heterocycles. The minimum Gasteiger partial charge on any atom is -0.396 e. The summed E-state index contributed by atoms with van der Waals surface area (Å²) in [5.41, 5.74) is 3.59. The summed E-state index contributed by atoms with van der Waals surface area (Å²) in [6.07, 6.45) is 8.98. The quantitative estimate of drug-likeness (QED) is 0.415. The Morgan fingerprint density at radius 3 is 2.61 bits per heavy atom. The van der Waals surface area contributed by atoms with E-state index in [0.29, 0.717) is 6.61 Å². The molecule has 3 nitrogen and oxygen atoms in total. The minimum atomic E-state index is 0.676. The van der Waals surface area contributed by atoms with Gasteiger partial charge in [-0.25, -0.2) is 0 Å². The Morgan fingerprint density at radius 1 is 1.13 bits per heavy atom. The third-order valence-electron chi connectivity index (χ3n) is 3.96. The van der Waals surface area contributed by atoms with Crippen LogP contribution >= 0.6 is 11.6 Å². The Balaban J connectivity index is 2.02. The molecule has 1 aromatic rings. The second-order valence-electron chi connectivity index (χ2n) is 6.31. The van der Waals surface area contributed by atoms with E-state index < -0.39 is 0 Å². The maximum absolute atomic E-state index is 5.96. The van der Waals surface area contributed by atoms with Crippen molar-refractivity contribution in [1.82, 2.24) is 4.90 Å². The van der Waals surface area contributed by atoms with Crippen molar-refractivity contribution in [2.45, 2.75) is 38.5 Å². The first-order valence-corrected chi connectivity index (χ1v) is 8.83. The molecule has 0 unspecified atom stereocenters. The van der Waals surface area contributed by atoms with Crippen LogP contribution in [0.25, 0.3) is 6.08 Å². The van der Waals surface area contributed by atoms with E-state index in [2.05, 4.69) is 42.4 Å². The van der Waals surface area contributed by atoms with Crippen molar-refractivity contribution >= 4 is 23.4 Å². The third-order valence-corrected chi connectivity index (χ3v) is 4.21. The van der Waals surface area contributed by atoms with E-state index in [9.17, 15) is 0 Å². The Bertz CT molecular complexity index is 535. The van der Waals surface area contributed by atoms with Crippen LogP contribution in [0, 0.1) is 0 Å². The molecule has 0 amide bonds. The largest absolute Gasteiger partial charge is 0.396 e. The van der Waals surface area contributed by atoms with Gasteiger partial charge in [0.25, 0.3) is 0 Å². The Kier molecular flexibility index (Phi) is 7.63. The summed E-state index contributed by atoms with van der Waals surface area (Å²) in [6.45, 7) is 1.70. The van der Waals surface area contributed by atoms with Crippen LogP contribution < -0.4 is 0 Å². The molecule has 23 heavy (non-hydrogen) atoms. The first-order valence-electron chi connectivity index (χ1n) is 8.45. The summed E-state index contributed by atoms with van der Waals surface area (Å²) in [6, 6.07) is 7.96. The van der Waals surface area contributed by atoms with Gasteiger partial charge >= 0.3 is 0 Å². The molecule has 126 valence electrons. The van der Waals surface area contributed by atoms with Gasteiger partial charge in [0.1, 0.15) is 6.61 Å². The number of benzene rings is 1. The molecule has 0 aliphatic heterocycles. The van der Waals surface area contributed by atoms with Crippen LogP contribution in [-0.4, -0.2) is 37.9 Å². The first kappa shape index (κ1) is 18.0. The first-order chi connectivity index (χ1) is 11.1. The van der Waals surface area contributed by atoms with Crippen LogP contribution in [0.5, 0.6) is 0 Å². The van der Waals surface area contributed by atoms with Crippen LogP contribution in [0.3, 0.4) is 0 Å². The van der Waals surface area contributed by atoms with E-state index in [0.717, 1.165) is 36.5 Å². The molecule has 0 saturated heterocycles. The van der Waals surface area contributed by atoms with Crippen molar-refractivity contribution in [3.05, 3.63) is 40.4 Å². The van der Waals surface area contributed by atoms with Gasteiger partial charge in [-0.2, -0.15) is 0 Å². The molecular weight excluding hydrogens is 308 g/mol. The summed E-state index contributed by atoms with van der Waals surface area (Å²) in [7, 11) is 4.15. The highest BCUT2D eigenvalue weighted by Gasteiger charge is 2.13. The average molecular weight is 335 g/mol. The zero-order valence-corrected chi connectivity index (χ0v) is 15.0. The van der Waals surface area contributed by atoms with E-state index in [1.54, 1.807) is 0 Å². The lowest BCUT2D eigenvalue weighted by Gasteiger charge is -2.10. The van der Waals surface area contributed by atoms with E-state index in [1.165, 1.54) is 30.4 Å². The van der Waals surface area contributed by atoms with Gasteiger partial charge in [-0.3, -0.25) is 0 Å². The predicted octanol–water partition coefficient (Wildman–Crippen LogP) is 5.01. The van der Waals surface area contributed by atoms with Gasteiger partial charge in [0, 0.05) is 11.6 Å². The molecule has 0 bridgehead atoms. The molecule has 0 N–H and O–H groups in total. The van der Waals surface area contributed by atoms with Crippen LogP contribution in [0.15, 0.2) is 35.0 Å². The standard InChI is InChI=1S/C19H27ClN2O/c1-22(2)13-6-14-23-21-19-8-5-3-4-7-17(19)15-16-9-11-18(20)12-10-16/h9-12,15H,3-8,13-14H2,1-2H3. The number of hydrogen-bond donors (Lipinski definition) is 0. The number of rotatable bonds is 6. The molecular formula is C19H27ClN2O. The Morgan fingerprint density at radius 2 is 1.87 bits per heavy atom. The van der Waals surface area contributed by atoms with E-state index in [1.807, 2.05) is 12.1 Å². The van der Waals surface area contributed by atoms with Gasteiger partial charge in [-0.1, -0.05) is 35.3 Å². The van der Waals surface area contributed by atoms with E-state index in [4.69, 9.17) is 16.4 Å². The lowest BCUT2D eigenvalue weighted by atomic mass is 10.0. The second kappa shape index (κ2) is 9.74. The van der Waals surface area contributed by atoms with Gasteiger partial charge in [0.05, 0.1) is 5.71 Å². The van der Waals surface area contributed by atoms with Crippen molar-refractivity contribution in [3.63, 3.8) is 0 Å².